The minimum Gasteiger partial charge on any atom is -0.289 e. The lowest BCUT2D eigenvalue weighted by Crippen LogP contribution is -2.42. The molecule has 0 radical (unpaired) electrons. The molecular weight excluding hydrogens is 287 g/mol. The van der Waals surface area contributed by atoms with Crippen LogP contribution in [0.4, 0.5) is 18.9 Å². The highest BCUT2D eigenvalue weighted by Crippen LogP contribution is 2.31. The number of nitrogens with zero attached hydrogens (tertiary/aromatic N) is 4. The van der Waals surface area contributed by atoms with E-state index < -0.39 is 17.6 Å². The molecule has 9 heteroatoms. The molecule has 0 fully saturated rings. The van der Waals surface area contributed by atoms with Crippen molar-refractivity contribution in [1.82, 2.24) is 5.32 Å². The maximum Gasteiger partial charge on any atom is 0.416 e. The van der Waals surface area contributed by atoms with Crippen LogP contribution in [0.25, 0.3) is 0 Å². The summed E-state index contributed by atoms with van der Waals surface area (Å²) in [6.07, 6.45) is -3.30. The van der Waals surface area contributed by atoms with Crippen LogP contribution in [-0.4, -0.2) is 29.8 Å². The number of hydrogen-bond acceptors (Lipinski definition) is 4. The highest BCUT2D eigenvalue weighted by molar-refractivity contribution is 6.71. The Kier molecular flexibility index (Phi) is 2.89. The number of amides is 1. The van der Waals surface area contributed by atoms with Gasteiger partial charge in [0.1, 0.15) is 6.34 Å². The minimum absolute atomic E-state index is 0.0202. The normalized spacial score (nSPS) is 19.2. The molecule has 1 amide bonds. The number of guanidine groups is 1. The summed E-state index contributed by atoms with van der Waals surface area (Å²) in [6.45, 7) is 0. The number of benzene rings is 1. The highest BCUT2D eigenvalue weighted by atomic mass is 19.4. The summed E-state index contributed by atoms with van der Waals surface area (Å²) in [7, 11) is 0. The van der Waals surface area contributed by atoms with Crippen molar-refractivity contribution in [3.05, 3.63) is 29.8 Å². The number of amidine groups is 1. The van der Waals surface area contributed by atoms with Crippen LogP contribution in [-0.2, 0) is 11.0 Å². The quantitative estimate of drug-likeness (QED) is 0.840. The first-order valence-electron chi connectivity index (χ1n) is 5.70. The smallest absolute Gasteiger partial charge is 0.289 e. The van der Waals surface area contributed by atoms with Crippen molar-refractivity contribution in [2.24, 2.45) is 20.0 Å². The maximum atomic E-state index is 12.6. The largest absolute Gasteiger partial charge is 0.416 e. The zero-order chi connectivity index (χ0) is 15.0. The molecule has 1 aromatic carbocycles. The van der Waals surface area contributed by atoms with E-state index in [-0.39, 0.29) is 23.2 Å². The lowest BCUT2D eigenvalue weighted by Gasteiger charge is -2.11. The Labute approximate surface area is 115 Å². The Balaban J connectivity index is 1.96. The molecule has 2 heterocycles. The first kappa shape index (κ1) is 13.2. The molecule has 2 aliphatic heterocycles. The Morgan fingerprint density at radius 1 is 1.24 bits per heavy atom. The number of alkyl halides is 3. The maximum absolute atomic E-state index is 12.6. The van der Waals surface area contributed by atoms with Crippen molar-refractivity contribution in [3.63, 3.8) is 0 Å². The van der Waals surface area contributed by atoms with Crippen LogP contribution >= 0.6 is 0 Å². The van der Waals surface area contributed by atoms with E-state index in [0.717, 1.165) is 12.1 Å². The Morgan fingerprint density at radius 3 is 2.81 bits per heavy atom. The van der Waals surface area contributed by atoms with Gasteiger partial charge < -0.3 is 0 Å². The molecule has 1 N–H and O–H groups in total. The van der Waals surface area contributed by atoms with Crippen LogP contribution in [0.2, 0.25) is 0 Å². The zero-order valence-electron chi connectivity index (χ0n) is 10.2. The fourth-order valence-corrected chi connectivity index (χ4v) is 1.72. The molecule has 0 saturated carbocycles. The van der Waals surface area contributed by atoms with Gasteiger partial charge in [-0.05, 0) is 18.2 Å². The minimum atomic E-state index is -4.46. The molecule has 106 valence electrons. The van der Waals surface area contributed by atoms with Gasteiger partial charge in [0.25, 0.3) is 5.91 Å². The van der Waals surface area contributed by atoms with E-state index in [0.29, 0.717) is 0 Å². The summed E-state index contributed by atoms with van der Waals surface area (Å²) in [5, 5.41) is 2.33. The molecule has 0 aliphatic carbocycles. The lowest BCUT2D eigenvalue weighted by atomic mass is 10.2. The van der Waals surface area contributed by atoms with E-state index in [4.69, 9.17) is 0 Å². The predicted molar refractivity (Wildman–Crippen MR) is 70.0 cm³/mol. The molecular formula is C12H6F3N5O. The van der Waals surface area contributed by atoms with Crippen molar-refractivity contribution in [3.8, 4) is 0 Å². The SMILES string of the molecule is O=C1NC(=Nc2cccc(C(F)(F)F)c2)N=C2N=CN=C12. The van der Waals surface area contributed by atoms with Crippen molar-refractivity contribution in [1.29, 1.82) is 0 Å². The van der Waals surface area contributed by atoms with Gasteiger partial charge in [-0.15, -0.1) is 0 Å². The molecule has 6 nitrogen and oxygen atoms in total. The molecule has 2 aliphatic rings. The third-order valence-electron chi connectivity index (χ3n) is 2.64. The fraction of sp³-hybridized carbons (Fsp3) is 0.0833. The Morgan fingerprint density at radius 2 is 2.05 bits per heavy atom. The molecule has 0 bridgehead atoms. The van der Waals surface area contributed by atoms with Crippen molar-refractivity contribution in [2.45, 2.75) is 6.18 Å². The van der Waals surface area contributed by atoms with Crippen molar-refractivity contribution >= 4 is 35.4 Å². The van der Waals surface area contributed by atoms with Crippen LogP contribution in [0, 0.1) is 0 Å². The van der Waals surface area contributed by atoms with Crippen molar-refractivity contribution < 1.29 is 18.0 Å². The number of aliphatic imine (C=N–C) groups is 4. The standard InChI is InChI=1S/C12H6F3N5O/c13-12(14,15)6-2-1-3-7(4-6)18-11-19-9-8(10(21)20-11)16-5-17-9/h1-5H,(H,18,20,21). The van der Waals surface area contributed by atoms with Crippen molar-refractivity contribution in [2.75, 3.05) is 0 Å². The molecule has 0 aromatic heterocycles. The van der Waals surface area contributed by atoms with Gasteiger partial charge in [0.2, 0.25) is 5.96 Å². The van der Waals surface area contributed by atoms with Crippen LogP contribution < -0.4 is 5.32 Å². The summed E-state index contributed by atoms with van der Waals surface area (Å²) in [6, 6.07) is 4.39. The summed E-state index contributed by atoms with van der Waals surface area (Å²) in [5.41, 5.74) is -0.759. The summed E-state index contributed by atoms with van der Waals surface area (Å²) >= 11 is 0. The van der Waals surface area contributed by atoms with Crippen LogP contribution in [0.1, 0.15) is 5.56 Å². The summed E-state index contributed by atoms with van der Waals surface area (Å²) < 4.78 is 37.8. The third kappa shape index (κ3) is 2.57. The molecule has 1 aromatic rings. The van der Waals surface area contributed by atoms with Gasteiger partial charge in [0.15, 0.2) is 11.5 Å². The number of carbonyl (C=O) groups excluding carboxylic acids is 1. The first-order chi connectivity index (χ1) is 9.93. The molecule has 21 heavy (non-hydrogen) atoms. The number of carbonyl (C=O) groups is 1. The second-order valence-corrected chi connectivity index (χ2v) is 4.10. The summed E-state index contributed by atoms with van der Waals surface area (Å²) in [4.78, 5) is 26.9. The Hall–Kier alpha value is -2.84. The third-order valence-corrected chi connectivity index (χ3v) is 2.64. The number of fused-ring (bicyclic) bond motifs is 1. The van der Waals surface area contributed by atoms with Gasteiger partial charge in [-0.25, -0.2) is 15.0 Å². The van der Waals surface area contributed by atoms with Crippen LogP contribution in [0.15, 0.2) is 44.2 Å². The number of hydrogen-bond donors (Lipinski definition) is 1. The topological polar surface area (TPSA) is 78.5 Å². The molecule has 3 rings (SSSR count). The average molecular weight is 293 g/mol. The van der Waals surface area contributed by atoms with E-state index in [1.54, 1.807) is 0 Å². The highest BCUT2D eigenvalue weighted by Gasteiger charge is 2.31. The van der Waals surface area contributed by atoms with E-state index >= 15 is 0 Å². The van der Waals surface area contributed by atoms with Gasteiger partial charge in [-0.1, -0.05) is 6.07 Å². The molecule has 0 atom stereocenters. The predicted octanol–water partition coefficient (Wildman–Crippen LogP) is 1.70. The fourth-order valence-electron chi connectivity index (χ4n) is 1.72. The van der Waals surface area contributed by atoms with Gasteiger partial charge in [-0.3, -0.25) is 10.1 Å². The summed E-state index contributed by atoms with van der Waals surface area (Å²) in [5.74, 6) is -0.597. The Bertz CT molecular complexity index is 746. The average Bonchev–Trinajstić information content (AvgIpc) is 2.87. The van der Waals surface area contributed by atoms with Gasteiger partial charge in [0.05, 0.1) is 11.3 Å². The second-order valence-electron chi connectivity index (χ2n) is 4.10. The molecule has 0 saturated heterocycles. The first-order valence-corrected chi connectivity index (χ1v) is 5.70. The second kappa shape index (κ2) is 4.62. The monoisotopic (exact) mass is 293 g/mol. The van der Waals surface area contributed by atoms with Gasteiger partial charge in [0, 0.05) is 0 Å². The number of halogens is 3. The van der Waals surface area contributed by atoms with E-state index in [1.165, 1.54) is 18.5 Å². The molecule has 0 unspecified atom stereocenters. The van der Waals surface area contributed by atoms with E-state index in [9.17, 15) is 18.0 Å². The van der Waals surface area contributed by atoms with E-state index in [1.807, 2.05) is 0 Å². The van der Waals surface area contributed by atoms with Crippen LogP contribution in [0.5, 0.6) is 0 Å². The lowest BCUT2D eigenvalue weighted by molar-refractivity contribution is -0.137. The molecule has 0 spiro atoms. The number of nitrogens with one attached hydrogen (secondary N) is 1. The van der Waals surface area contributed by atoms with Crippen LogP contribution in [0.3, 0.4) is 0 Å². The van der Waals surface area contributed by atoms with Gasteiger partial charge in [-0.2, -0.15) is 18.2 Å². The number of rotatable bonds is 1. The van der Waals surface area contributed by atoms with Gasteiger partial charge >= 0.3 is 6.18 Å². The van der Waals surface area contributed by atoms with E-state index in [2.05, 4.69) is 25.3 Å². The zero-order valence-corrected chi connectivity index (χ0v) is 10.2.